The van der Waals surface area contributed by atoms with Crippen molar-refractivity contribution in [3.8, 4) is 0 Å². The van der Waals surface area contributed by atoms with Crippen LogP contribution < -0.4 is 5.32 Å². The number of rotatable bonds is 6. The van der Waals surface area contributed by atoms with E-state index >= 15 is 0 Å². The van der Waals surface area contributed by atoms with Gasteiger partial charge in [0, 0.05) is 31.2 Å². The minimum absolute atomic E-state index is 0.0350. The monoisotopic (exact) mass is 318 g/mol. The van der Waals surface area contributed by atoms with E-state index in [-0.39, 0.29) is 18.4 Å². The summed E-state index contributed by atoms with van der Waals surface area (Å²) < 4.78 is 5.35. The van der Waals surface area contributed by atoms with Crippen LogP contribution in [0.25, 0.3) is 0 Å². The molecule has 1 atom stereocenters. The molecule has 0 spiro atoms. The molecule has 5 nitrogen and oxygen atoms in total. The topological polar surface area (TPSA) is 58.6 Å². The predicted molar refractivity (Wildman–Crippen MR) is 89.4 cm³/mol. The SMILES string of the molecule is CCN(C[C@H]1CCOC1)C(=O)CNC(=O)c1cc(C)cc(C)c1. The molecule has 0 radical (unpaired) electrons. The molecule has 0 saturated carbocycles. The van der Waals surface area contributed by atoms with Crippen molar-refractivity contribution >= 4 is 11.8 Å². The fourth-order valence-corrected chi connectivity index (χ4v) is 2.92. The number of nitrogens with zero attached hydrogens (tertiary/aromatic N) is 1. The molecule has 23 heavy (non-hydrogen) atoms. The van der Waals surface area contributed by atoms with Crippen LogP contribution in [0.15, 0.2) is 18.2 Å². The van der Waals surface area contributed by atoms with Crippen LogP contribution in [0.1, 0.15) is 34.8 Å². The standard InChI is InChI=1S/C18H26N2O3/c1-4-20(11-15-5-6-23-12-15)17(21)10-19-18(22)16-8-13(2)7-14(3)9-16/h7-9,15H,4-6,10-12H2,1-3H3,(H,19,22)/t15-/m1/s1. The number of carbonyl (C=O) groups excluding carboxylic acids is 2. The zero-order valence-corrected chi connectivity index (χ0v) is 14.2. The van der Waals surface area contributed by atoms with Crippen molar-refractivity contribution in [3.63, 3.8) is 0 Å². The summed E-state index contributed by atoms with van der Waals surface area (Å²) in [5.41, 5.74) is 2.68. The van der Waals surface area contributed by atoms with Crippen LogP contribution in [-0.2, 0) is 9.53 Å². The summed E-state index contributed by atoms with van der Waals surface area (Å²) in [6, 6.07) is 5.69. The van der Waals surface area contributed by atoms with Crippen molar-refractivity contribution in [1.29, 1.82) is 0 Å². The van der Waals surface area contributed by atoms with E-state index in [9.17, 15) is 9.59 Å². The summed E-state index contributed by atoms with van der Waals surface area (Å²) in [5.74, 6) is 0.163. The van der Waals surface area contributed by atoms with Crippen LogP contribution in [0.5, 0.6) is 0 Å². The van der Waals surface area contributed by atoms with Gasteiger partial charge in [-0.05, 0) is 39.3 Å². The maximum Gasteiger partial charge on any atom is 0.251 e. The number of ether oxygens (including phenoxy) is 1. The Kier molecular flexibility index (Phi) is 6.16. The third-order valence-corrected chi connectivity index (χ3v) is 4.12. The minimum Gasteiger partial charge on any atom is -0.381 e. The van der Waals surface area contributed by atoms with Crippen molar-refractivity contribution in [2.75, 3.05) is 32.8 Å². The first-order valence-corrected chi connectivity index (χ1v) is 8.21. The van der Waals surface area contributed by atoms with E-state index < -0.39 is 0 Å². The van der Waals surface area contributed by atoms with Crippen LogP contribution in [0, 0.1) is 19.8 Å². The molecule has 1 aliphatic rings. The highest BCUT2D eigenvalue weighted by Crippen LogP contribution is 2.14. The molecule has 1 aromatic rings. The molecule has 2 amide bonds. The largest absolute Gasteiger partial charge is 0.381 e. The van der Waals surface area contributed by atoms with Crippen molar-refractivity contribution in [1.82, 2.24) is 10.2 Å². The molecule has 1 aliphatic heterocycles. The molecule has 1 N–H and O–H groups in total. The summed E-state index contributed by atoms with van der Waals surface area (Å²) in [6.45, 7) is 8.75. The molecular formula is C18H26N2O3. The van der Waals surface area contributed by atoms with Gasteiger partial charge in [-0.2, -0.15) is 0 Å². The van der Waals surface area contributed by atoms with E-state index in [1.807, 2.05) is 39.0 Å². The zero-order valence-electron chi connectivity index (χ0n) is 14.2. The number of amides is 2. The fraction of sp³-hybridized carbons (Fsp3) is 0.556. The quantitative estimate of drug-likeness (QED) is 0.872. The predicted octanol–water partition coefficient (Wildman–Crippen LogP) is 1.92. The first kappa shape index (κ1) is 17.5. The van der Waals surface area contributed by atoms with E-state index in [4.69, 9.17) is 4.74 Å². The Morgan fingerprint density at radius 2 is 1.96 bits per heavy atom. The van der Waals surface area contributed by atoms with Gasteiger partial charge in [-0.3, -0.25) is 9.59 Å². The van der Waals surface area contributed by atoms with Crippen molar-refractivity contribution < 1.29 is 14.3 Å². The van der Waals surface area contributed by atoms with Crippen LogP contribution >= 0.6 is 0 Å². The highest BCUT2D eigenvalue weighted by Gasteiger charge is 2.21. The van der Waals surface area contributed by atoms with Crippen LogP contribution in [0.4, 0.5) is 0 Å². The van der Waals surface area contributed by atoms with E-state index in [0.29, 0.717) is 24.6 Å². The van der Waals surface area contributed by atoms with Gasteiger partial charge in [-0.1, -0.05) is 17.2 Å². The number of hydrogen-bond acceptors (Lipinski definition) is 3. The second-order valence-electron chi connectivity index (χ2n) is 6.22. The van der Waals surface area contributed by atoms with Gasteiger partial charge in [0.1, 0.15) is 0 Å². The summed E-state index contributed by atoms with van der Waals surface area (Å²) in [7, 11) is 0. The van der Waals surface area contributed by atoms with Crippen LogP contribution in [0.2, 0.25) is 0 Å². The molecular weight excluding hydrogens is 292 g/mol. The molecule has 0 bridgehead atoms. The number of likely N-dealkylation sites (N-methyl/N-ethyl adjacent to an activating group) is 1. The van der Waals surface area contributed by atoms with Gasteiger partial charge < -0.3 is 15.0 Å². The number of benzene rings is 1. The fourth-order valence-electron chi connectivity index (χ4n) is 2.92. The van der Waals surface area contributed by atoms with Gasteiger partial charge in [0.05, 0.1) is 13.2 Å². The Labute approximate surface area is 138 Å². The molecule has 1 aromatic carbocycles. The van der Waals surface area contributed by atoms with E-state index in [1.54, 1.807) is 4.90 Å². The molecule has 0 unspecified atom stereocenters. The average Bonchev–Trinajstić information content (AvgIpc) is 3.02. The van der Waals surface area contributed by atoms with E-state index in [2.05, 4.69) is 5.32 Å². The van der Waals surface area contributed by atoms with Crippen LogP contribution in [0.3, 0.4) is 0 Å². The Balaban J connectivity index is 1.87. The summed E-state index contributed by atoms with van der Waals surface area (Å²) in [6.07, 6.45) is 0.999. The van der Waals surface area contributed by atoms with Gasteiger partial charge in [0.15, 0.2) is 0 Å². The van der Waals surface area contributed by atoms with Gasteiger partial charge >= 0.3 is 0 Å². The highest BCUT2D eigenvalue weighted by molar-refractivity contribution is 5.96. The Morgan fingerprint density at radius 1 is 1.26 bits per heavy atom. The Morgan fingerprint density at radius 3 is 2.52 bits per heavy atom. The number of nitrogens with one attached hydrogen (secondary N) is 1. The molecule has 5 heteroatoms. The molecule has 1 heterocycles. The maximum atomic E-state index is 12.3. The number of hydrogen-bond donors (Lipinski definition) is 1. The van der Waals surface area contributed by atoms with E-state index in [1.165, 1.54) is 0 Å². The molecule has 1 fully saturated rings. The van der Waals surface area contributed by atoms with Crippen molar-refractivity contribution in [3.05, 3.63) is 34.9 Å². The summed E-state index contributed by atoms with van der Waals surface area (Å²) in [4.78, 5) is 26.3. The third kappa shape index (κ3) is 5.06. The molecule has 1 saturated heterocycles. The Bertz CT molecular complexity index is 545. The normalized spacial score (nSPS) is 17.1. The van der Waals surface area contributed by atoms with Gasteiger partial charge in [-0.25, -0.2) is 0 Å². The second-order valence-corrected chi connectivity index (χ2v) is 6.22. The lowest BCUT2D eigenvalue weighted by Crippen LogP contribution is -2.42. The first-order chi connectivity index (χ1) is 11.0. The Hall–Kier alpha value is -1.88. The number of carbonyl (C=O) groups is 2. The molecule has 2 rings (SSSR count). The summed E-state index contributed by atoms with van der Waals surface area (Å²) >= 11 is 0. The average molecular weight is 318 g/mol. The van der Waals surface area contributed by atoms with Gasteiger partial charge in [0.25, 0.3) is 5.91 Å². The van der Waals surface area contributed by atoms with Crippen molar-refractivity contribution in [2.24, 2.45) is 5.92 Å². The van der Waals surface area contributed by atoms with Crippen molar-refractivity contribution in [2.45, 2.75) is 27.2 Å². The van der Waals surface area contributed by atoms with Gasteiger partial charge in [-0.15, -0.1) is 0 Å². The summed E-state index contributed by atoms with van der Waals surface area (Å²) in [5, 5.41) is 2.73. The zero-order chi connectivity index (χ0) is 16.8. The number of aryl methyl sites for hydroxylation is 2. The minimum atomic E-state index is -0.203. The van der Waals surface area contributed by atoms with Gasteiger partial charge in [0.2, 0.25) is 5.91 Å². The molecule has 0 aliphatic carbocycles. The lowest BCUT2D eigenvalue weighted by Gasteiger charge is -2.24. The van der Waals surface area contributed by atoms with E-state index in [0.717, 1.165) is 30.8 Å². The lowest BCUT2D eigenvalue weighted by atomic mass is 10.1. The molecule has 126 valence electrons. The smallest absolute Gasteiger partial charge is 0.251 e. The first-order valence-electron chi connectivity index (χ1n) is 8.21. The van der Waals surface area contributed by atoms with Crippen LogP contribution in [-0.4, -0.2) is 49.6 Å². The lowest BCUT2D eigenvalue weighted by molar-refractivity contribution is -0.130. The second kappa shape index (κ2) is 8.11. The third-order valence-electron chi connectivity index (χ3n) is 4.12. The highest BCUT2D eigenvalue weighted by atomic mass is 16.5. The maximum absolute atomic E-state index is 12.3. The molecule has 0 aromatic heterocycles.